The summed E-state index contributed by atoms with van der Waals surface area (Å²) in [4.78, 5) is 15.2. The lowest BCUT2D eigenvalue weighted by atomic mass is 9.72. The normalized spacial score (nSPS) is 25.8. The van der Waals surface area contributed by atoms with Gasteiger partial charge in [-0.05, 0) is 56.1 Å². The van der Waals surface area contributed by atoms with E-state index in [0.717, 1.165) is 81.8 Å². The van der Waals surface area contributed by atoms with Gasteiger partial charge >= 0.3 is 7.12 Å². The molecule has 4 rings (SSSR count). The van der Waals surface area contributed by atoms with Gasteiger partial charge in [0.25, 0.3) is 0 Å². The van der Waals surface area contributed by atoms with Gasteiger partial charge in [-0.25, -0.2) is 0 Å². The zero-order valence-electron chi connectivity index (χ0n) is 19.9. The fourth-order valence-corrected chi connectivity index (χ4v) is 5.23. The largest absolute Gasteiger partial charge is 0.547 e. The Morgan fingerprint density at radius 3 is 2.73 bits per heavy atom. The molecular weight excluding hydrogens is 417 g/mol. The summed E-state index contributed by atoms with van der Waals surface area (Å²) in [7, 11) is -1.05. The fraction of sp³-hybridized carbons (Fsp3) is 0.640. The van der Waals surface area contributed by atoms with Crippen LogP contribution in [0.1, 0.15) is 50.2 Å². The van der Waals surface area contributed by atoms with Crippen molar-refractivity contribution in [1.82, 2.24) is 15.5 Å². The van der Waals surface area contributed by atoms with Crippen molar-refractivity contribution in [2.24, 2.45) is 5.92 Å². The summed E-state index contributed by atoms with van der Waals surface area (Å²) in [5.41, 5.74) is 2.80. The second-order valence-electron chi connectivity index (χ2n) is 9.79. The van der Waals surface area contributed by atoms with Gasteiger partial charge < -0.3 is 25.0 Å². The number of nitrogens with one attached hydrogen (secondary N) is 2. The van der Waals surface area contributed by atoms with Crippen molar-refractivity contribution in [2.75, 3.05) is 39.4 Å². The van der Waals surface area contributed by atoms with Gasteiger partial charge in [0.1, 0.15) is 5.75 Å². The van der Waals surface area contributed by atoms with Gasteiger partial charge in [0.2, 0.25) is 5.91 Å². The summed E-state index contributed by atoms with van der Waals surface area (Å²) in [5.74, 6) is 0.670. The highest BCUT2D eigenvalue weighted by atomic mass is 16.5. The highest BCUT2D eigenvalue weighted by Crippen LogP contribution is 2.33. The zero-order valence-corrected chi connectivity index (χ0v) is 19.9. The quantitative estimate of drug-likeness (QED) is 0.521. The Morgan fingerprint density at radius 2 is 2.00 bits per heavy atom. The number of morpholine rings is 1. The van der Waals surface area contributed by atoms with Crippen LogP contribution in [0.5, 0.6) is 5.75 Å². The molecule has 1 aromatic carbocycles. The third-order valence-electron chi connectivity index (χ3n) is 7.21. The Kier molecular flexibility index (Phi) is 8.47. The fourth-order valence-electron chi connectivity index (χ4n) is 5.23. The van der Waals surface area contributed by atoms with Crippen molar-refractivity contribution >= 4 is 18.6 Å². The number of hydrogen-bond donors (Lipinski definition) is 3. The first-order valence-corrected chi connectivity index (χ1v) is 12.4. The summed E-state index contributed by atoms with van der Waals surface area (Å²) in [6.45, 7) is 11.8. The van der Waals surface area contributed by atoms with Crippen molar-refractivity contribution in [1.29, 1.82) is 0 Å². The van der Waals surface area contributed by atoms with Crippen molar-refractivity contribution in [3.8, 4) is 5.75 Å². The van der Waals surface area contributed by atoms with Crippen LogP contribution in [0, 0.1) is 5.92 Å². The molecule has 2 heterocycles. The summed E-state index contributed by atoms with van der Waals surface area (Å²) in [5, 5.41) is 17.2. The van der Waals surface area contributed by atoms with Gasteiger partial charge in [-0.15, -0.1) is 0 Å². The SMILES string of the molecule is C=C(C)c1cccc2c1OB(O)C(NC(=O)CC1CCC(NCCN3CCOCC3)CC1)C2. The topological polar surface area (TPSA) is 83.1 Å². The number of nitrogens with zero attached hydrogens (tertiary/aromatic N) is 1. The summed E-state index contributed by atoms with van der Waals surface area (Å²) < 4.78 is 11.2. The minimum absolute atomic E-state index is 0.00545. The molecule has 2 aliphatic heterocycles. The van der Waals surface area contributed by atoms with Gasteiger partial charge in [-0.2, -0.15) is 0 Å². The second-order valence-corrected chi connectivity index (χ2v) is 9.79. The highest BCUT2D eigenvalue weighted by Gasteiger charge is 2.37. The maximum Gasteiger partial charge on any atom is 0.547 e. The van der Waals surface area contributed by atoms with Crippen LogP contribution < -0.4 is 15.3 Å². The molecule has 0 spiro atoms. The number of hydrogen-bond acceptors (Lipinski definition) is 6. The molecule has 1 saturated heterocycles. The van der Waals surface area contributed by atoms with E-state index < -0.39 is 13.1 Å². The predicted octanol–water partition coefficient (Wildman–Crippen LogP) is 2.03. The molecule has 3 N–H and O–H groups in total. The summed E-state index contributed by atoms with van der Waals surface area (Å²) >= 11 is 0. The number of benzene rings is 1. The molecule has 3 aliphatic rings. The lowest BCUT2D eigenvalue weighted by molar-refractivity contribution is -0.122. The molecule has 1 saturated carbocycles. The van der Waals surface area contributed by atoms with E-state index in [0.29, 0.717) is 30.6 Å². The van der Waals surface area contributed by atoms with Crippen molar-refractivity contribution in [3.63, 3.8) is 0 Å². The van der Waals surface area contributed by atoms with Crippen LogP contribution in [-0.4, -0.2) is 74.3 Å². The average molecular weight is 455 g/mol. The van der Waals surface area contributed by atoms with Crippen LogP contribution in [0.4, 0.5) is 0 Å². The average Bonchev–Trinajstić information content (AvgIpc) is 2.81. The van der Waals surface area contributed by atoms with Crippen molar-refractivity contribution in [2.45, 2.75) is 57.4 Å². The van der Waals surface area contributed by atoms with E-state index in [4.69, 9.17) is 9.39 Å². The molecule has 1 aromatic rings. The number of para-hydroxylation sites is 1. The third kappa shape index (κ3) is 6.60. The maximum absolute atomic E-state index is 12.7. The Hall–Kier alpha value is -1.87. The molecule has 1 unspecified atom stereocenters. The first kappa shape index (κ1) is 24.3. The van der Waals surface area contributed by atoms with Crippen molar-refractivity contribution in [3.05, 3.63) is 35.9 Å². The summed E-state index contributed by atoms with van der Waals surface area (Å²) in [6.07, 6.45) is 5.44. The van der Waals surface area contributed by atoms with E-state index in [9.17, 15) is 9.82 Å². The van der Waals surface area contributed by atoms with Crippen LogP contribution in [0.3, 0.4) is 0 Å². The molecule has 0 radical (unpaired) electrons. The molecule has 0 bridgehead atoms. The maximum atomic E-state index is 12.7. The number of fused-ring (bicyclic) bond motifs is 1. The van der Waals surface area contributed by atoms with Crippen LogP contribution in [0.2, 0.25) is 0 Å². The first-order chi connectivity index (χ1) is 16.0. The molecule has 2 fully saturated rings. The first-order valence-electron chi connectivity index (χ1n) is 12.4. The molecule has 1 aliphatic carbocycles. The standard InChI is InChI=1S/C25H38BN3O4/c1-18(2)22-5-3-4-20-17-23(26(31)33-25(20)22)28-24(30)16-19-6-8-21(9-7-19)27-10-11-29-12-14-32-15-13-29/h3-5,19,21,23,27,31H,1,6-17H2,2H3,(H,28,30). The van der Waals surface area contributed by atoms with E-state index in [2.05, 4.69) is 22.1 Å². The molecule has 7 nitrogen and oxygen atoms in total. The molecular formula is C25H38BN3O4. The van der Waals surface area contributed by atoms with E-state index in [1.54, 1.807) is 0 Å². The molecule has 33 heavy (non-hydrogen) atoms. The van der Waals surface area contributed by atoms with E-state index >= 15 is 0 Å². The lowest BCUT2D eigenvalue weighted by Crippen LogP contribution is -2.53. The Bertz CT molecular complexity index is 822. The molecule has 0 aromatic heterocycles. The van der Waals surface area contributed by atoms with E-state index in [1.807, 2.05) is 25.1 Å². The van der Waals surface area contributed by atoms with Gasteiger partial charge in [0.05, 0.1) is 19.2 Å². The molecule has 1 amide bonds. The number of amides is 1. The Morgan fingerprint density at radius 1 is 1.24 bits per heavy atom. The predicted molar refractivity (Wildman–Crippen MR) is 131 cm³/mol. The molecule has 180 valence electrons. The lowest BCUT2D eigenvalue weighted by Gasteiger charge is -2.32. The van der Waals surface area contributed by atoms with Crippen molar-refractivity contribution < 1.29 is 19.2 Å². The number of rotatable bonds is 8. The number of allylic oxidation sites excluding steroid dienone is 1. The van der Waals surface area contributed by atoms with E-state index in [-0.39, 0.29) is 5.91 Å². The van der Waals surface area contributed by atoms with E-state index in [1.165, 1.54) is 0 Å². The van der Waals surface area contributed by atoms with Gasteiger partial charge in [-0.1, -0.05) is 24.8 Å². The summed E-state index contributed by atoms with van der Waals surface area (Å²) in [6, 6.07) is 6.45. The van der Waals surface area contributed by atoms with Gasteiger partial charge in [0.15, 0.2) is 0 Å². The number of carbonyl (C=O) groups is 1. The van der Waals surface area contributed by atoms with Crippen LogP contribution in [-0.2, 0) is 16.0 Å². The van der Waals surface area contributed by atoms with Crippen LogP contribution in [0.25, 0.3) is 5.57 Å². The van der Waals surface area contributed by atoms with Crippen LogP contribution in [0.15, 0.2) is 24.8 Å². The van der Waals surface area contributed by atoms with Gasteiger partial charge in [0, 0.05) is 44.2 Å². The zero-order chi connectivity index (χ0) is 23.2. The molecule has 1 atom stereocenters. The minimum atomic E-state index is -1.05. The Labute approximate surface area is 198 Å². The second kappa shape index (κ2) is 11.5. The smallest absolute Gasteiger partial charge is 0.534 e. The Balaban J connectivity index is 1.18. The van der Waals surface area contributed by atoms with Gasteiger partial charge in [-0.3, -0.25) is 9.69 Å². The minimum Gasteiger partial charge on any atom is -0.534 e. The molecule has 8 heteroatoms. The monoisotopic (exact) mass is 455 g/mol. The number of ether oxygens (including phenoxy) is 1. The third-order valence-corrected chi connectivity index (χ3v) is 7.21. The highest BCUT2D eigenvalue weighted by molar-refractivity contribution is 6.46. The van der Waals surface area contributed by atoms with Crippen LogP contribution >= 0.6 is 0 Å². The number of carbonyl (C=O) groups excluding carboxylic acids is 1.